The molecule has 0 saturated carbocycles. The van der Waals surface area contributed by atoms with Crippen LogP contribution in [0.4, 0.5) is 5.69 Å². The minimum absolute atomic E-state index is 0.986. The molecule has 3 heteroatoms. The van der Waals surface area contributed by atoms with Crippen LogP contribution in [-0.2, 0) is 7.05 Å². The fourth-order valence-corrected chi connectivity index (χ4v) is 3.00. The fourth-order valence-electron chi connectivity index (χ4n) is 2.07. The molecule has 0 amide bonds. The van der Waals surface area contributed by atoms with E-state index in [9.17, 15) is 0 Å². The third-order valence-electron chi connectivity index (χ3n) is 3.25. The molecule has 0 spiro atoms. The summed E-state index contributed by atoms with van der Waals surface area (Å²) < 4.78 is 2.14. The van der Waals surface area contributed by atoms with Crippen molar-refractivity contribution in [2.75, 3.05) is 0 Å². The lowest BCUT2D eigenvalue weighted by Gasteiger charge is -2.03. The number of aryl methyl sites for hydroxylation is 1. The summed E-state index contributed by atoms with van der Waals surface area (Å²) in [6.07, 6.45) is 0. The number of benzene rings is 2. The van der Waals surface area contributed by atoms with Crippen molar-refractivity contribution in [3.63, 3.8) is 0 Å². The lowest BCUT2D eigenvalue weighted by atomic mass is 10.1. The highest BCUT2D eigenvalue weighted by Crippen LogP contribution is 2.20. The van der Waals surface area contributed by atoms with Gasteiger partial charge in [0, 0.05) is 12.4 Å². The highest BCUT2D eigenvalue weighted by atomic mass is 32.1. The fraction of sp³-hybridized carbons (Fsp3) is 0.118. The van der Waals surface area contributed by atoms with Gasteiger partial charge in [-0.05, 0) is 24.6 Å². The van der Waals surface area contributed by atoms with E-state index in [0.29, 0.717) is 0 Å². The Morgan fingerprint density at radius 1 is 0.950 bits per heavy atom. The first-order chi connectivity index (χ1) is 9.74. The van der Waals surface area contributed by atoms with Crippen molar-refractivity contribution >= 4 is 17.0 Å². The van der Waals surface area contributed by atoms with Gasteiger partial charge in [0.2, 0.25) is 0 Å². The number of rotatable bonds is 2. The van der Waals surface area contributed by atoms with Gasteiger partial charge < -0.3 is 4.57 Å². The van der Waals surface area contributed by atoms with Gasteiger partial charge in [-0.2, -0.15) is 0 Å². The molecule has 1 aromatic heterocycles. The van der Waals surface area contributed by atoms with E-state index >= 15 is 0 Å². The highest BCUT2D eigenvalue weighted by molar-refractivity contribution is 7.07. The maximum absolute atomic E-state index is 4.69. The average Bonchev–Trinajstić information content (AvgIpc) is 2.83. The molecule has 20 heavy (non-hydrogen) atoms. The minimum atomic E-state index is 0.986. The number of para-hydroxylation sites is 1. The van der Waals surface area contributed by atoms with Crippen molar-refractivity contribution in [2.45, 2.75) is 6.92 Å². The smallest absolute Gasteiger partial charge is 0.190 e. The molecule has 0 N–H and O–H groups in total. The quantitative estimate of drug-likeness (QED) is 0.666. The first-order valence-electron chi connectivity index (χ1n) is 6.55. The van der Waals surface area contributed by atoms with E-state index in [1.54, 1.807) is 11.3 Å². The number of hydrogen-bond donors (Lipinski definition) is 0. The summed E-state index contributed by atoms with van der Waals surface area (Å²) >= 11 is 1.67. The molecule has 0 unspecified atom stereocenters. The van der Waals surface area contributed by atoms with Crippen LogP contribution in [-0.4, -0.2) is 4.57 Å². The molecule has 0 aliphatic carbocycles. The van der Waals surface area contributed by atoms with Crippen LogP contribution < -0.4 is 4.80 Å². The third kappa shape index (κ3) is 2.58. The van der Waals surface area contributed by atoms with Crippen molar-refractivity contribution in [1.82, 2.24) is 4.57 Å². The lowest BCUT2D eigenvalue weighted by Crippen LogP contribution is -2.10. The maximum Gasteiger partial charge on any atom is 0.190 e. The zero-order valence-corrected chi connectivity index (χ0v) is 12.4. The summed E-state index contributed by atoms with van der Waals surface area (Å²) in [4.78, 5) is 5.69. The van der Waals surface area contributed by atoms with E-state index in [4.69, 9.17) is 0 Å². The van der Waals surface area contributed by atoms with E-state index in [2.05, 4.69) is 53.2 Å². The third-order valence-corrected chi connectivity index (χ3v) is 4.17. The molecular weight excluding hydrogens is 264 g/mol. The summed E-state index contributed by atoms with van der Waals surface area (Å²) in [5.74, 6) is 0. The van der Waals surface area contributed by atoms with Crippen molar-refractivity contribution in [1.29, 1.82) is 0 Å². The topological polar surface area (TPSA) is 17.3 Å². The summed E-state index contributed by atoms with van der Waals surface area (Å²) in [6.45, 7) is 2.10. The number of nitrogens with zero attached hydrogens (tertiary/aromatic N) is 2. The summed E-state index contributed by atoms with van der Waals surface area (Å²) in [6, 6.07) is 18.7. The van der Waals surface area contributed by atoms with Gasteiger partial charge in [-0.1, -0.05) is 48.0 Å². The van der Waals surface area contributed by atoms with Gasteiger partial charge in [0.05, 0.1) is 11.4 Å². The molecule has 0 aliphatic heterocycles. The molecule has 0 radical (unpaired) electrons. The van der Waals surface area contributed by atoms with Crippen molar-refractivity contribution in [3.05, 3.63) is 70.3 Å². The standard InChI is InChI=1S/C17H16N2S/c1-13-8-10-14(11-9-13)16-12-20-17(19(16)2)18-15-6-4-3-5-7-15/h3-12H,1-2H3. The minimum Gasteiger partial charge on any atom is -0.320 e. The largest absolute Gasteiger partial charge is 0.320 e. The van der Waals surface area contributed by atoms with Crippen LogP contribution in [0.1, 0.15) is 5.56 Å². The van der Waals surface area contributed by atoms with Gasteiger partial charge in [-0.15, -0.1) is 11.3 Å². The van der Waals surface area contributed by atoms with Crippen molar-refractivity contribution < 1.29 is 0 Å². The van der Waals surface area contributed by atoms with Gasteiger partial charge in [-0.25, -0.2) is 4.99 Å². The second-order valence-corrected chi connectivity index (χ2v) is 5.61. The number of aromatic nitrogens is 1. The van der Waals surface area contributed by atoms with Crippen molar-refractivity contribution in [2.24, 2.45) is 12.0 Å². The monoisotopic (exact) mass is 280 g/mol. The molecule has 0 bridgehead atoms. The molecule has 3 aromatic rings. The normalized spacial score (nSPS) is 11.8. The Labute approximate surface area is 122 Å². The second-order valence-electron chi connectivity index (χ2n) is 4.78. The van der Waals surface area contributed by atoms with Crippen LogP contribution in [0.15, 0.2) is 65.0 Å². The Balaban J connectivity index is 2.05. The maximum atomic E-state index is 4.69. The van der Waals surface area contributed by atoms with Crippen LogP contribution in [0.3, 0.4) is 0 Å². The van der Waals surface area contributed by atoms with Crippen LogP contribution in [0.25, 0.3) is 11.3 Å². The molecule has 0 aliphatic rings. The first-order valence-corrected chi connectivity index (χ1v) is 7.43. The molecule has 0 saturated heterocycles. The van der Waals surface area contributed by atoms with Gasteiger partial charge in [0.1, 0.15) is 0 Å². The summed E-state index contributed by atoms with van der Waals surface area (Å²) in [7, 11) is 2.06. The van der Waals surface area contributed by atoms with E-state index in [1.165, 1.54) is 16.8 Å². The SMILES string of the molecule is Cc1ccc(-c2csc(=Nc3ccccc3)n2C)cc1. The van der Waals surface area contributed by atoms with Crippen LogP contribution in [0, 0.1) is 6.92 Å². The summed E-state index contributed by atoms with van der Waals surface area (Å²) in [5, 5.41) is 2.16. The molecule has 3 rings (SSSR count). The van der Waals surface area contributed by atoms with Crippen LogP contribution in [0.5, 0.6) is 0 Å². The van der Waals surface area contributed by atoms with E-state index in [1.807, 2.05) is 30.3 Å². The number of thiazole rings is 1. The highest BCUT2D eigenvalue weighted by Gasteiger charge is 2.04. The van der Waals surface area contributed by atoms with Gasteiger partial charge in [0.15, 0.2) is 4.80 Å². The Hall–Kier alpha value is -2.13. The predicted molar refractivity (Wildman–Crippen MR) is 85.1 cm³/mol. The van der Waals surface area contributed by atoms with E-state index in [-0.39, 0.29) is 0 Å². The zero-order valence-electron chi connectivity index (χ0n) is 11.6. The van der Waals surface area contributed by atoms with E-state index in [0.717, 1.165) is 10.5 Å². The van der Waals surface area contributed by atoms with Gasteiger partial charge in [-0.3, -0.25) is 0 Å². The lowest BCUT2D eigenvalue weighted by molar-refractivity contribution is 0.883. The summed E-state index contributed by atoms with van der Waals surface area (Å²) in [5.41, 5.74) is 4.69. The Kier molecular flexibility index (Phi) is 3.52. The van der Waals surface area contributed by atoms with Crippen LogP contribution in [0.2, 0.25) is 0 Å². The Morgan fingerprint density at radius 3 is 2.35 bits per heavy atom. The van der Waals surface area contributed by atoms with Crippen molar-refractivity contribution in [3.8, 4) is 11.3 Å². The molecule has 0 atom stereocenters. The second kappa shape index (κ2) is 5.47. The Morgan fingerprint density at radius 2 is 1.65 bits per heavy atom. The van der Waals surface area contributed by atoms with Gasteiger partial charge >= 0.3 is 0 Å². The predicted octanol–water partition coefficient (Wildman–Crippen LogP) is 4.29. The molecular formula is C17H16N2S. The first kappa shape index (κ1) is 12.9. The number of hydrogen-bond acceptors (Lipinski definition) is 2. The molecule has 0 fully saturated rings. The van der Waals surface area contributed by atoms with Crippen LogP contribution >= 0.6 is 11.3 Å². The molecule has 100 valence electrons. The molecule has 2 nitrogen and oxygen atoms in total. The van der Waals surface area contributed by atoms with E-state index < -0.39 is 0 Å². The Bertz CT molecular complexity index is 765. The van der Waals surface area contributed by atoms with Gasteiger partial charge in [0.25, 0.3) is 0 Å². The zero-order chi connectivity index (χ0) is 13.9. The molecule has 2 aromatic carbocycles. The average molecular weight is 280 g/mol. The molecule has 1 heterocycles.